The van der Waals surface area contributed by atoms with E-state index in [1.165, 1.54) is 4.90 Å². The molecule has 0 radical (unpaired) electrons. The lowest BCUT2D eigenvalue weighted by Crippen LogP contribution is -2.36. The highest BCUT2D eigenvalue weighted by Crippen LogP contribution is 2.16. The molecule has 0 bridgehead atoms. The van der Waals surface area contributed by atoms with Crippen molar-refractivity contribution in [2.75, 3.05) is 39.1 Å². The standard InChI is InChI=1S/C13H20N2O3/c1-10-3-4-12(14)11(9-10)13(17)15(5-7-16)6-8-18-2/h3-4,9,16H,5-8,14H2,1-2H3. The maximum atomic E-state index is 12.3. The number of methoxy groups -OCH3 is 1. The monoisotopic (exact) mass is 252 g/mol. The molecule has 0 aliphatic heterocycles. The fraction of sp³-hybridized carbons (Fsp3) is 0.462. The van der Waals surface area contributed by atoms with Crippen molar-refractivity contribution in [2.45, 2.75) is 6.92 Å². The number of hydrogen-bond acceptors (Lipinski definition) is 4. The number of carbonyl (C=O) groups is 1. The Morgan fingerprint density at radius 1 is 1.44 bits per heavy atom. The molecule has 5 heteroatoms. The minimum absolute atomic E-state index is 0.0822. The maximum Gasteiger partial charge on any atom is 0.256 e. The van der Waals surface area contributed by atoms with E-state index in [2.05, 4.69) is 0 Å². The van der Waals surface area contributed by atoms with Crippen LogP contribution in [0.5, 0.6) is 0 Å². The van der Waals surface area contributed by atoms with Crippen molar-refractivity contribution in [3.05, 3.63) is 29.3 Å². The fourth-order valence-electron chi connectivity index (χ4n) is 1.66. The molecule has 1 rings (SSSR count). The third kappa shape index (κ3) is 3.72. The molecule has 100 valence electrons. The zero-order valence-corrected chi connectivity index (χ0v) is 10.8. The lowest BCUT2D eigenvalue weighted by atomic mass is 10.1. The van der Waals surface area contributed by atoms with E-state index >= 15 is 0 Å². The van der Waals surface area contributed by atoms with Crippen LogP contribution < -0.4 is 5.73 Å². The number of hydrogen-bond donors (Lipinski definition) is 2. The number of aliphatic hydroxyl groups excluding tert-OH is 1. The highest BCUT2D eigenvalue weighted by Gasteiger charge is 2.17. The van der Waals surface area contributed by atoms with E-state index < -0.39 is 0 Å². The van der Waals surface area contributed by atoms with Crippen LogP contribution in [0.2, 0.25) is 0 Å². The largest absolute Gasteiger partial charge is 0.398 e. The first-order valence-corrected chi connectivity index (χ1v) is 5.85. The van der Waals surface area contributed by atoms with Crippen LogP contribution in [0.25, 0.3) is 0 Å². The molecule has 1 amide bonds. The highest BCUT2D eigenvalue weighted by molar-refractivity contribution is 5.99. The Morgan fingerprint density at radius 2 is 2.17 bits per heavy atom. The van der Waals surface area contributed by atoms with Crippen LogP contribution in [-0.4, -0.2) is 49.3 Å². The molecular weight excluding hydrogens is 232 g/mol. The number of carbonyl (C=O) groups excluding carboxylic acids is 1. The topological polar surface area (TPSA) is 75.8 Å². The normalized spacial score (nSPS) is 10.4. The third-order valence-electron chi connectivity index (χ3n) is 2.66. The molecule has 18 heavy (non-hydrogen) atoms. The Morgan fingerprint density at radius 3 is 2.78 bits per heavy atom. The van der Waals surface area contributed by atoms with Crippen molar-refractivity contribution in [1.29, 1.82) is 0 Å². The molecular formula is C13H20N2O3. The number of anilines is 1. The van der Waals surface area contributed by atoms with Crippen molar-refractivity contribution in [3.63, 3.8) is 0 Å². The van der Waals surface area contributed by atoms with Gasteiger partial charge in [0, 0.05) is 25.9 Å². The van der Waals surface area contributed by atoms with Crippen LogP contribution in [0, 0.1) is 6.92 Å². The van der Waals surface area contributed by atoms with Gasteiger partial charge in [-0.2, -0.15) is 0 Å². The average Bonchev–Trinajstić information content (AvgIpc) is 2.36. The van der Waals surface area contributed by atoms with Crippen LogP contribution in [-0.2, 0) is 4.74 Å². The van der Waals surface area contributed by atoms with Gasteiger partial charge in [0.25, 0.3) is 5.91 Å². The molecule has 0 aromatic heterocycles. The van der Waals surface area contributed by atoms with Gasteiger partial charge in [-0.25, -0.2) is 0 Å². The van der Waals surface area contributed by atoms with Crippen LogP contribution >= 0.6 is 0 Å². The van der Waals surface area contributed by atoms with E-state index in [4.69, 9.17) is 15.6 Å². The van der Waals surface area contributed by atoms with Crippen molar-refractivity contribution in [3.8, 4) is 0 Å². The second kappa shape index (κ2) is 6.98. The zero-order chi connectivity index (χ0) is 13.5. The Labute approximate surface area is 107 Å². The summed E-state index contributed by atoms with van der Waals surface area (Å²) in [6, 6.07) is 5.34. The van der Waals surface area contributed by atoms with Gasteiger partial charge in [-0.1, -0.05) is 11.6 Å². The first kappa shape index (κ1) is 14.5. The molecule has 0 saturated carbocycles. The SMILES string of the molecule is COCCN(CCO)C(=O)c1cc(C)ccc1N. The molecule has 1 aromatic carbocycles. The smallest absolute Gasteiger partial charge is 0.256 e. The third-order valence-corrected chi connectivity index (χ3v) is 2.66. The van der Waals surface area contributed by atoms with Crippen molar-refractivity contribution in [1.82, 2.24) is 4.90 Å². The molecule has 0 saturated heterocycles. The Bertz CT molecular complexity index is 407. The second-order valence-electron chi connectivity index (χ2n) is 4.10. The molecule has 5 nitrogen and oxygen atoms in total. The quantitative estimate of drug-likeness (QED) is 0.729. The molecule has 0 unspecified atom stereocenters. The predicted octanol–water partition coefficient (Wildman–Crippen LogP) is 0.658. The summed E-state index contributed by atoms with van der Waals surface area (Å²) in [5.74, 6) is -0.178. The first-order valence-electron chi connectivity index (χ1n) is 5.85. The summed E-state index contributed by atoms with van der Waals surface area (Å²) in [5.41, 5.74) is 7.71. The van der Waals surface area contributed by atoms with Gasteiger partial charge in [0.2, 0.25) is 0 Å². The Kier molecular flexibility index (Phi) is 5.61. The second-order valence-corrected chi connectivity index (χ2v) is 4.10. The molecule has 0 aliphatic carbocycles. The van der Waals surface area contributed by atoms with Crippen molar-refractivity contribution >= 4 is 11.6 Å². The van der Waals surface area contributed by atoms with E-state index in [0.717, 1.165) is 5.56 Å². The van der Waals surface area contributed by atoms with Gasteiger partial charge < -0.3 is 20.5 Å². The summed E-state index contributed by atoms with van der Waals surface area (Å²) in [5, 5.41) is 8.99. The van der Waals surface area contributed by atoms with Gasteiger partial charge >= 0.3 is 0 Å². The van der Waals surface area contributed by atoms with E-state index in [1.807, 2.05) is 13.0 Å². The molecule has 0 fully saturated rings. The lowest BCUT2D eigenvalue weighted by Gasteiger charge is -2.22. The van der Waals surface area contributed by atoms with Gasteiger partial charge in [0.05, 0.1) is 18.8 Å². The maximum absolute atomic E-state index is 12.3. The predicted molar refractivity (Wildman–Crippen MR) is 70.5 cm³/mol. The van der Waals surface area contributed by atoms with E-state index in [9.17, 15) is 4.79 Å². The van der Waals surface area contributed by atoms with Gasteiger partial charge in [0.15, 0.2) is 0 Å². The van der Waals surface area contributed by atoms with Crippen molar-refractivity contribution < 1.29 is 14.6 Å². The van der Waals surface area contributed by atoms with Gasteiger partial charge in [-0.15, -0.1) is 0 Å². The number of nitrogens with two attached hydrogens (primary N) is 1. The molecule has 0 aliphatic rings. The summed E-state index contributed by atoms with van der Waals surface area (Å²) in [6.07, 6.45) is 0. The zero-order valence-electron chi connectivity index (χ0n) is 10.8. The van der Waals surface area contributed by atoms with Gasteiger partial charge in [-0.05, 0) is 19.1 Å². The summed E-state index contributed by atoms with van der Waals surface area (Å²) in [4.78, 5) is 13.8. The number of rotatable bonds is 6. The summed E-state index contributed by atoms with van der Waals surface area (Å²) >= 11 is 0. The molecule has 1 aromatic rings. The molecule has 3 N–H and O–H groups in total. The summed E-state index contributed by atoms with van der Waals surface area (Å²) in [6.45, 7) is 2.96. The molecule has 0 heterocycles. The number of ether oxygens (including phenoxy) is 1. The molecule has 0 atom stereocenters. The Hall–Kier alpha value is -1.59. The first-order chi connectivity index (χ1) is 8.60. The van der Waals surface area contributed by atoms with E-state index in [1.54, 1.807) is 19.2 Å². The summed E-state index contributed by atoms with van der Waals surface area (Å²) in [7, 11) is 1.57. The van der Waals surface area contributed by atoms with E-state index in [0.29, 0.717) is 24.4 Å². The van der Waals surface area contributed by atoms with Crippen molar-refractivity contribution in [2.24, 2.45) is 0 Å². The number of amides is 1. The van der Waals surface area contributed by atoms with Crippen LogP contribution in [0.3, 0.4) is 0 Å². The number of nitrogens with zero attached hydrogens (tertiary/aromatic N) is 1. The summed E-state index contributed by atoms with van der Waals surface area (Å²) < 4.78 is 4.95. The fourth-order valence-corrected chi connectivity index (χ4v) is 1.66. The van der Waals surface area contributed by atoms with E-state index in [-0.39, 0.29) is 19.1 Å². The van der Waals surface area contributed by atoms with Crippen LogP contribution in [0.4, 0.5) is 5.69 Å². The highest BCUT2D eigenvalue weighted by atomic mass is 16.5. The minimum atomic E-state index is -0.178. The Balaban J connectivity index is 2.90. The number of benzene rings is 1. The van der Waals surface area contributed by atoms with Crippen LogP contribution in [0.15, 0.2) is 18.2 Å². The lowest BCUT2D eigenvalue weighted by molar-refractivity contribution is 0.0657. The number of nitrogen functional groups attached to an aromatic ring is 1. The number of aliphatic hydroxyl groups is 1. The van der Waals surface area contributed by atoms with Gasteiger partial charge in [-0.3, -0.25) is 4.79 Å². The average molecular weight is 252 g/mol. The van der Waals surface area contributed by atoms with Crippen LogP contribution in [0.1, 0.15) is 15.9 Å². The minimum Gasteiger partial charge on any atom is -0.398 e. The molecule has 0 spiro atoms. The number of aryl methyl sites for hydroxylation is 1. The van der Waals surface area contributed by atoms with Gasteiger partial charge in [0.1, 0.15) is 0 Å².